The Hall–Kier alpha value is -5.38. The standard InChI is InChI=1S/C39H44O10/c1-8-34(40)44-16-10-12-18-46-36-26(4)20-30(21-27(36)5)38(42)48-32-14-15-33(25(3)24-32)49-39(43)31-22-28(6)37(29(7)23-31)47-19-13-11-17-45-35(41)9-2/h8-9,14-15,20-24H,1-2,10-13,16-19H2,3-7H3. The van der Waals surface area contributed by atoms with E-state index in [-0.39, 0.29) is 0 Å². The number of carbonyl (C=O) groups excluding carboxylic acids is 4. The second-order valence-electron chi connectivity index (χ2n) is 11.4. The summed E-state index contributed by atoms with van der Waals surface area (Å²) in [6, 6.07) is 11.6. The lowest BCUT2D eigenvalue weighted by atomic mass is 10.1. The zero-order valence-corrected chi connectivity index (χ0v) is 28.8. The highest BCUT2D eigenvalue weighted by molar-refractivity contribution is 5.93. The fourth-order valence-corrected chi connectivity index (χ4v) is 4.94. The largest absolute Gasteiger partial charge is 0.493 e. The Labute approximate surface area is 287 Å². The monoisotopic (exact) mass is 672 g/mol. The predicted octanol–water partition coefficient (Wildman–Crippen LogP) is 7.44. The molecule has 3 aromatic rings. The molecule has 0 radical (unpaired) electrons. The molecular weight excluding hydrogens is 628 g/mol. The van der Waals surface area contributed by atoms with Crippen molar-refractivity contribution in [1.29, 1.82) is 0 Å². The third-order valence-electron chi connectivity index (χ3n) is 7.34. The van der Waals surface area contributed by atoms with E-state index >= 15 is 0 Å². The Kier molecular flexibility index (Phi) is 14.6. The Morgan fingerprint density at radius 3 is 1.37 bits per heavy atom. The molecule has 0 heterocycles. The average Bonchev–Trinajstić information content (AvgIpc) is 3.06. The summed E-state index contributed by atoms with van der Waals surface area (Å²) in [4.78, 5) is 48.3. The number of hydrogen-bond acceptors (Lipinski definition) is 10. The fraction of sp³-hybridized carbons (Fsp3) is 0.333. The molecule has 0 aromatic heterocycles. The zero-order valence-electron chi connectivity index (χ0n) is 28.8. The average molecular weight is 673 g/mol. The minimum Gasteiger partial charge on any atom is -0.493 e. The van der Waals surface area contributed by atoms with Crippen LogP contribution in [0.15, 0.2) is 67.8 Å². The van der Waals surface area contributed by atoms with Crippen molar-refractivity contribution in [2.45, 2.75) is 60.3 Å². The Morgan fingerprint density at radius 1 is 0.551 bits per heavy atom. The predicted molar refractivity (Wildman–Crippen MR) is 185 cm³/mol. The topological polar surface area (TPSA) is 124 Å². The van der Waals surface area contributed by atoms with Gasteiger partial charge in [0.2, 0.25) is 0 Å². The molecular formula is C39H44O10. The van der Waals surface area contributed by atoms with Gasteiger partial charge in [-0.1, -0.05) is 13.2 Å². The second-order valence-corrected chi connectivity index (χ2v) is 11.4. The SMILES string of the molecule is C=CC(=O)OCCCCOc1c(C)cc(C(=O)Oc2ccc(OC(=O)c3cc(C)c(OCCCCOC(=O)C=C)c(C)c3)c(C)c2)cc1C. The van der Waals surface area contributed by atoms with E-state index < -0.39 is 23.9 Å². The van der Waals surface area contributed by atoms with Gasteiger partial charge in [-0.3, -0.25) is 0 Å². The summed E-state index contributed by atoms with van der Waals surface area (Å²) in [5, 5.41) is 0. The Bertz CT molecular complexity index is 1640. The van der Waals surface area contributed by atoms with Gasteiger partial charge in [0.15, 0.2) is 0 Å². The number of rotatable bonds is 18. The van der Waals surface area contributed by atoms with Crippen LogP contribution in [0, 0.1) is 34.6 Å². The van der Waals surface area contributed by atoms with Gasteiger partial charge >= 0.3 is 23.9 Å². The maximum Gasteiger partial charge on any atom is 0.343 e. The van der Waals surface area contributed by atoms with Crippen LogP contribution in [0.2, 0.25) is 0 Å². The van der Waals surface area contributed by atoms with E-state index in [2.05, 4.69) is 13.2 Å². The molecule has 0 aliphatic carbocycles. The summed E-state index contributed by atoms with van der Waals surface area (Å²) in [5.41, 5.74) is 4.52. The lowest BCUT2D eigenvalue weighted by Gasteiger charge is -2.15. The van der Waals surface area contributed by atoms with Gasteiger partial charge in [-0.2, -0.15) is 0 Å². The first-order valence-corrected chi connectivity index (χ1v) is 16.0. The first kappa shape index (κ1) is 38.1. The number of benzene rings is 3. The lowest BCUT2D eigenvalue weighted by molar-refractivity contribution is -0.138. The highest BCUT2D eigenvalue weighted by Crippen LogP contribution is 2.29. The molecule has 0 unspecified atom stereocenters. The molecule has 10 nitrogen and oxygen atoms in total. The maximum atomic E-state index is 13.1. The van der Waals surface area contributed by atoms with E-state index in [9.17, 15) is 19.2 Å². The van der Waals surface area contributed by atoms with Crippen LogP contribution in [0.4, 0.5) is 0 Å². The summed E-state index contributed by atoms with van der Waals surface area (Å²) in [7, 11) is 0. The number of aryl methyl sites for hydroxylation is 5. The Balaban J connectivity index is 1.54. The summed E-state index contributed by atoms with van der Waals surface area (Å²) >= 11 is 0. The van der Waals surface area contributed by atoms with Gasteiger partial charge in [0, 0.05) is 12.2 Å². The molecule has 0 spiro atoms. The van der Waals surface area contributed by atoms with Crippen molar-refractivity contribution in [1.82, 2.24) is 0 Å². The molecule has 0 aliphatic rings. The van der Waals surface area contributed by atoms with Crippen molar-refractivity contribution in [3.8, 4) is 23.0 Å². The number of esters is 4. The number of hydrogen-bond donors (Lipinski definition) is 0. The zero-order chi connectivity index (χ0) is 35.9. The van der Waals surface area contributed by atoms with Gasteiger partial charge in [0.25, 0.3) is 0 Å². The van der Waals surface area contributed by atoms with Gasteiger partial charge in [-0.05, 0) is 131 Å². The minimum absolute atomic E-state index is 0.297. The molecule has 0 bridgehead atoms. The lowest BCUT2D eigenvalue weighted by Crippen LogP contribution is -2.12. The van der Waals surface area contributed by atoms with Crippen LogP contribution < -0.4 is 18.9 Å². The van der Waals surface area contributed by atoms with Crippen molar-refractivity contribution in [3.63, 3.8) is 0 Å². The van der Waals surface area contributed by atoms with E-state index in [0.29, 0.717) is 91.8 Å². The van der Waals surface area contributed by atoms with Crippen molar-refractivity contribution < 1.29 is 47.6 Å². The summed E-state index contributed by atoms with van der Waals surface area (Å²) in [6.07, 6.45) is 4.96. The van der Waals surface area contributed by atoms with E-state index in [1.807, 2.05) is 27.7 Å². The molecule has 0 atom stereocenters. The molecule has 0 N–H and O–H groups in total. The second kappa shape index (κ2) is 18.8. The van der Waals surface area contributed by atoms with Crippen LogP contribution in [0.1, 0.15) is 74.2 Å². The quantitative estimate of drug-likeness (QED) is 0.0583. The van der Waals surface area contributed by atoms with Crippen molar-refractivity contribution >= 4 is 23.9 Å². The first-order chi connectivity index (χ1) is 23.4. The molecule has 0 saturated heterocycles. The minimum atomic E-state index is -0.532. The van der Waals surface area contributed by atoms with Gasteiger partial charge in [0.1, 0.15) is 23.0 Å². The molecule has 0 aliphatic heterocycles. The van der Waals surface area contributed by atoms with Crippen LogP contribution in [-0.4, -0.2) is 50.3 Å². The van der Waals surface area contributed by atoms with Crippen LogP contribution >= 0.6 is 0 Å². The van der Waals surface area contributed by atoms with E-state index in [4.69, 9.17) is 28.4 Å². The van der Waals surface area contributed by atoms with Crippen molar-refractivity contribution in [3.05, 3.63) is 107 Å². The van der Waals surface area contributed by atoms with Crippen LogP contribution in [0.5, 0.6) is 23.0 Å². The molecule has 260 valence electrons. The third-order valence-corrected chi connectivity index (χ3v) is 7.34. The number of carbonyl (C=O) groups is 4. The van der Waals surface area contributed by atoms with Gasteiger partial charge in [0.05, 0.1) is 37.6 Å². The van der Waals surface area contributed by atoms with E-state index in [1.165, 1.54) is 0 Å². The maximum absolute atomic E-state index is 13.1. The van der Waals surface area contributed by atoms with Crippen molar-refractivity contribution in [2.75, 3.05) is 26.4 Å². The highest BCUT2D eigenvalue weighted by atomic mass is 16.5. The molecule has 3 aromatic carbocycles. The van der Waals surface area contributed by atoms with Crippen LogP contribution in [0.3, 0.4) is 0 Å². The number of unbranched alkanes of at least 4 members (excludes halogenated alkanes) is 2. The molecule has 3 rings (SSSR count). The van der Waals surface area contributed by atoms with Gasteiger partial charge < -0.3 is 28.4 Å². The molecule has 0 amide bonds. The fourth-order valence-electron chi connectivity index (χ4n) is 4.94. The van der Waals surface area contributed by atoms with Crippen LogP contribution in [0.25, 0.3) is 0 Å². The number of ether oxygens (including phenoxy) is 6. The summed E-state index contributed by atoms with van der Waals surface area (Å²) < 4.78 is 33.1. The highest BCUT2D eigenvalue weighted by Gasteiger charge is 2.17. The summed E-state index contributed by atoms with van der Waals surface area (Å²) in [6.45, 7) is 17.4. The molecule has 0 saturated carbocycles. The third kappa shape index (κ3) is 11.7. The van der Waals surface area contributed by atoms with Gasteiger partial charge in [-0.15, -0.1) is 0 Å². The van der Waals surface area contributed by atoms with E-state index in [0.717, 1.165) is 34.4 Å². The summed E-state index contributed by atoms with van der Waals surface area (Å²) in [5.74, 6) is 0.0678. The molecule has 49 heavy (non-hydrogen) atoms. The molecule has 0 fully saturated rings. The van der Waals surface area contributed by atoms with Crippen molar-refractivity contribution in [2.24, 2.45) is 0 Å². The van der Waals surface area contributed by atoms with Crippen LogP contribution in [-0.2, 0) is 19.1 Å². The van der Waals surface area contributed by atoms with Gasteiger partial charge in [-0.25, -0.2) is 19.2 Å². The molecule has 10 heteroatoms. The first-order valence-electron chi connectivity index (χ1n) is 16.0. The Morgan fingerprint density at radius 2 is 0.959 bits per heavy atom. The smallest absolute Gasteiger partial charge is 0.343 e. The van der Waals surface area contributed by atoms with E-state index in [1.54, 1.807) is 49.4 Å². The normalized spacial score (nSPS) is 10.5.